The van der Waals surface area contributed by atoms with Crippen LogP contribution in [0, 0.1) is 5.41 Å². The topological polar surface area (TPSA) is 55.6 Å². The summed E-state index contributed by atoms with van der Waals surface area (Å²) in [6.45, 7) is 8.47. The molecule has 0 spiro atoms. The van der Waals surface area contributed by atoms with Crippen LogP contribution < -0.4 is 10.5 Å². The second-order valence-electron chi connectivity index (χ2n) is 6.38. The van der Waals surface area contributed by atoms with Gasteiger partial charge in [0.2, 0.25) is 5.91 Å². The van der Waals surface area contributed by atoms with Gasteiger partial charge in [-0.15, -0.1) is 0 Å². The molecule has 0 heterocycles. The average molecular weight is 357 g/mol. The van der Waals surface area contributed by atoms with Gasteiger partial charge in [-0.2, -0.15) is 0 Å². The van der Waals surface area contributed by atoms with Crippen molar-refractivity contribution >= 4 is 21.8 Å². The zero-order valence-corrected chi connectivity index (χ0v) is 15.0. The molecule has 118 valence electrons. The second kappa shape index (κ2) is 6.79. The highest BCUT2D eigenvalue weighted by Crippen LogP contribution is 2.30. The highest BCUT2D eigenvalue weighted by Gasteiger charge is 2.41. The summed E-state index contributed by atoms with van der Waals surface area (Å²) < 4.78 is 6.64. The van der Waals surface area contributed by atoms with Crippen molar-refractivity contribution in [2.45, 2.75) is 33.2 Å². The molecule has 0 unspecified atom stereocenters. The molecular formula is C16H25BrN2O2. The highest BCUT2D eigenvalue weighted by molar-refractivity contribution is 9.10. The van der Waals surface area contributed by atoms with Crippen molar-refractivity contribution in [3.05, 3.63) is 28.7 Å². The van der Waals surface area contributed by atoms with Crippen LogP contribution in [-0.4, -0.2) is 36.5 Å². The lowest BCUT2D eigenvalue weighted by molar-refractivity contribution is -0.142. The molecule has 1 amide bonds. The number of hydrogen-bond acceptors (Lipinski definition) is 3. The quantitative estimate of drug-likeness (QED) is 0.851. The van der Waals surface area contributed by atoms with E-state index in [1.807, 2.05) is 52.0 Å². The van der Waals surface area contributed by atoms with E-state index in [0.29, 0.717) is 13.2 Å². The summed E-state index contributed by atoms with van der Waals surface area (Å²) in [5.74, 6) is 0.812. The summed E-state index contributed by atoms with van der Waals surface area (Å²) in [5.41, 5.74) is 4.90. The van der Waals surface area contributed by atoms with Crippen molar-refractivity contribution in [1.82, 2.24) is 4.90 Å². The molecule has 0 radical (unpaired) electrons. The molecule has 0 aliphatic heterocycles. The first-order chi connectivity index (χ1) is 9.55. The number of benzene rings is 1. The second-order valence-corrected chi connectivity index (χ2v) is 7.29. The third kappa shape index (κ3) is 4.71. The lowest BCUT2D eigenvalue weighted by atomic mass is 9.74. The van der Waals surface area contributed by atoms with E-state index in [1.54, 1.807) is 11.9 Å². The molecule has 1 aromatic carbocycles. The predicted octanol–water partition coefficient (Wildman–Crippen LogP) is 3.05. The SMILES string of the molecule is CN(CCOc1ccc(Br)cc1)C(=O)C(C)(C)C(C)(C)N. The van der Waals surface area contributed by atoms with Gasteiger partial charge in [0.15, 0.2) is 0 Å². The van der Waals surface area contributed by atoms with Gasteiger partial charge in [-0.1, -0.05) is 15.9 Å². The van der Waals surface area contributed by atoms with E-state index in [0.717, 1.165) is 10.2 Å². The first-order valence-corrected chi connectivity index (χ1v) is 7.78. The Bertz CT molecular complexity index is 478. The minimum Gasteiger partial charge on any atom is -0.492 e. The summed E-state index contributed by atoms with van der Waals surface area (Å²) in [6.07, 6.45) is 0. The molecule has 0 aliphatic rings. The van der Waals surface area contributed by atoms with Gasteiger partial charge in [-0.3, -0.25) is 4.79 Å². The van der Waals surface area contributed by atoms with Crippen LogP contribution in [0.5, 0.6) is 5.75 Å². The summed E-state index contributed by atoms with van der Waals surface area (Å²) in [7, 11) is 1.78. The minimum atomic E-state index is -0.626. The minimum absolute atomic E-state index is 0.0226. The normalized spacial score (nSPS) is 12.1. The van der Waals surface area contributed by atoms with E-state index < -0.39 is 11.0 Å². The molecule has 0 saturated heterocycles. The third-order valence-electron chi connectivity index (χ3n) is 4.00. The van der Waals surface area contributed by atoms with Crippen LogP contribution in [0.25, 0.3) is 0 Å². The molecule has 5 heteroatoms. The van der Waals surface area contributed by atoms with Gasteiger partial charge in [0, 0.05) is 17.1 Å². The largest absolute Gasteiger partial charge is 0.492 e. The molecule has 1 aromatic rings. The maximum absolute atomic E-state index is 12.5. The van der Waals surface area contributed by atoms with E-state index in [2.05, 4.69) is 15.9 Å². The van der Waals surface area contributed by atoms with Crippen LogP contribution in [0.4, 0.5) is 0 Å². The van der Waals surface area contributed by atoms with Gasteiger partial charge in [-0.25, -0.2) is 0 Å². The third-order valence-corrected chi connectivity index (χ3v) is 4.53. The van der Waals surface area contributed by atoms with Crippen molar-refractivity contribution in [1.29, 1.82) is 0 Å². The molecule has 0 aliphatic carbocycles. The van der Waals surface area contributed by atoms with Gasteiger partial charge in [-0.05, 0) is 52.0 Å². The molecular weight excluding hydrogens is 332 g/mol. The van der Waals surface area contributed by atoms with E-state index in [9.17, 15) is 4.79 Å². The maximum atomic E-state index is 12.5. The fourth-order valence-corrected chi connectivity index (χ4v) is 1.95. The Hall–Kier alpha value is -1.07. The van der Waals surface area contributed by atoms with Gasteiger partial charge in [0.1, 0.15) is 12.4 Å². The molecule has 1 rings (SSSR count). The molecule has 0 aromatic heterocycles. The molecule has 21 heavy (non-hydrogen) atoms. The van der Waals surface area contributed by atoms with Crippen molar-refractivity contribution in [2.24, 2.45) is 11.1 Å². The number of ether oxygens (including phenoxy) is 1. The maximum Gasteiger partial charge on any atom is 0.229 e. The number of rotatable bonds is 6. The lowest BCUT2D eigenvalue weighted by Gasteiger charge is -2.39. The van der Waals surface area contributed by atoms with E-state index in [1.165, 1.54) is 0 Å². The zero-order valence-electron chi connectivity index (χ0n) is 13.4. The van der Waals surface area contributed by atoms with Gasteiger partial charge in [0.05, 0.1) is 12.0 Å². The number of likely N-dealkylation sites (N-methyl/N-ethyl adjacent to an activating group) is 1. The van der Waals surface area contributed by atoms with Gasteiger partial charge >= 0.3 is 0 Å². The van der Waals surface area contributed by atoms with E-state index in [-0.39, 0.29) is 5.91 Å². The smallest absolute Gasteiger partial charge is 0.229 e. The molecule has 2 N–H and O–H groups in total. The summed E-state index contributed by atoms with van der Waals surface area (Å²) in [4.78, 5) is 14.2. The fraction of sp³-hybridized carbons (Fsp3) is 0.562. The van der Waals surface area contributed by atoms with E-state index in [4.69, 9.17) is 10.5 Å². The highest BCUT2D eigenvalue weighted by atomic mass is 79.9. The number of halogens is 1. The number of nitrogens with two attached hydrogens (primary N) is 1. The molecule has 0 atom stereocenters. The number of nitrogens with zero attached hydrogens (tertiary/aromatic N) is 1. The van der Waals surface area contributed by atoms with Crippen LogP contribution in [0.2, 0.25) is 0 Å². The monoisotopic (exact) mass is 356 g/mol. The first-order valence-electron chi connectivity index (χ1n) is 6.98. The van der Waals surface area contributed by atoms with Crippen LogP contribution in [-0.2, 0) is 4.79 Å². The molecule has 0 bridgehead atoms. The summed E-state index contributed by atoms with van der Waals surface area (Å²) in [5, 5.41) is 0. The van der Waals surface area contributed by atoms with Gasteiger partial charge in [0.25, 0.3) is 0 Å². The Morgan fingerprint density at radius 1 is 1.24 bits per heavy atom. The number of carbonyl (C=O) groups is 1. The van der Waals surface area contributed by atoms with Crippen molar-refractivity contribution < 1.29 is 9.53 Å². The number of hydrogen-bond donors (Lipinski definition) is 1. The van der Waals surface area contributed by atoms with E-state index >= 15 is 0 Å². The van der Waals surface area contributed by atoms with Crippen LogP contribution in [0.1, 0.15) is 27.7 Å². The van der Waals surface area contributed by atoms with Crippen LogP contribution >= 0.6 is 15.9 Å². The first kappa shape index (κ1) is 18.0. The molecule has 0 fully saturated rings. The fourth-order valence-electron chi connectivity index (χ4n) is 1.69. The lowest BCUT2D eigenvalue weighted by Crippen LogP contribution is -2.56. The van der Waals surface area contributed by atoms with Crippen LogP contribution in [0.15, 0.2) is 28.7 Å². The Morgan fingerprint density at radius 2 is 1.76 bits per heavy atom. The standard InChI is InChI=1S/C16H25BrN2O2/c1-15(2,16(3,4)18)14(20)19(5)10-11-21-13-8-6-12(17)7-9-13/h6-9H,10-11,18H2,1-5H3. The van der Waals surface area contributed by atoms with Gasteiger partial charge < -0.3 is 15.4 Å². The van der Waals surface area contributed by atoms with Crippen molar-refractivity contribution in [3.8, 4) is 5.75 Å². The molecule has 0 saturated carbocycles. The number of amides is 1. The Balaban J connectivity index is 2.52. The molecule has 4 nitrogen and oxygen atoms in total. The average Bonchev–Trinajstić information content (AvgIpc) is 2.38. The van der Waals surface area contributed by atoms with Crippen LogP contribution in [0.3, 0.4) is 0 Å². The summed E-state index contributed by atoms with van der Waals surface area (Å²) >= 11 is 3.38. The Kier molecular flexibility index (Phi) is 5.82. The Morgan fingerprint density at radius 3 is 2.24 bits per heavy atom. The van der Waals surface area contributed by atoms with Crippen molar-refractivity contribution in [2.75, 3.05) is 20.2 Å². The number of carbonyl (C=O) groups excluding carboxylic acids is 1. The summed E-state index contributed by atoms with van der Waals surface area (Å²) in [6, 6.07) is 7.62. The predicted molar refractivity (Wildman–Crippen MR) is 89.3 cm³/mol. The zero-order chi connectivity index (χ0) is 16.3. The Labute approximate surface area is 135 Å². The van der Waals surface area contributed by atoms with Crippen molar-refractivity contribution in [3.63, 3.8) is 0 Å².